The molecule has 5 rings (SSSR count). The monoisotopic (exact) mass is 502 g/mol. The van der Waals surface area contributed by atoms with Crippen LogP contribution in [0.1, 0.15) is 29.8 Å². The molecular weight excluding hydrogens is 472 g/mol. The quantitative estimate of drug-likeness (QED) is 0.367. The molecule has 0 fully saturated rings. The van der Waals surface area contributed by atoms with Gasteiger partial charge in [0.2, 0.25) is 15.9 Å². The summed E-state index contributed by atoms with van der Waals surface area (Å²) in [5, 5.41) is 3.04. The number of amides is 1. The third-order valence-electron chi connectivity index (χ3n) is 6.74. The van der Waals surface area contributed by atoms with Crippen LogP contribution in [0.15, 0.2) is 77.7 Å². The number of hydrogen-bond donors (Lipinski definition) is 1. The van der Waals surface area contributed by atoms with Gasteiger partial charge in [-0.2, -0.15) is 0 Å². The lowest BCUT2D eigenvalue weighted by Gasteiger charge is -2.17. The largest absolute Gasteiger partial charge is 0.325 e. The van der Waals surface area contributed by atoms with E-state index in [1.54, 1.807) is 37.4 Å². The average Bonchev–Trinajstić information content (AvgIpc) is 3.49. The lowest BCUT2D eigenvalue weighted by atomic mass is 10.1. The highest BCUT2D eigenvalue weighted by Crippen LogP contribution is 2.25. The van der Waals surface area contributed by atoms with Crippen LogP contribution >= 0.6 is 0 Å². The number of nitrogens with zero attached hydrogens (tertiary/aromatic N) is 3. The van der Waals surface area contributed by atoms with E-state index in [-0.39, 0.29) is 17.3 Å². The molecule has 0 saturated carbocycles. The summed E-state index contributed by atoms with van der Waals surface area (Å²) in [4.78, 5) is 18.0. The number of benzene rings is 3. The third kappa shape index (κ3) is 5.05. The minimum Gasteiger partial charge on any atom is -0.325 e. The number of carbonyl (C=O) groups excluding carboxylic acids is 1. The molecule has 0 spiro atoms. The summed E-state index contributed by atoms with van der Waals surface area (Å²) >= 11 is 0. The highest BCUT2D eigenvalue weighted by Gasteiger charge is 2.21. The van der Waals surface area contributed by atoms with Gasteiger partial charge >= 0.3 is 0 Å². The third-order valence-corrected chi connectivity index (χ3v) is 8.61. The summed E-state index contributed by atoms with van der Waals surface area (Å²) in [6.07, 6.45) is 4.46. The van der Waals surface area contributed by atoms with Gasteiger partial charge in [-0.15, -0.1) is 0 Å². The first-order chi connectivity index (χ1) is 17.4. The molecule has 1 heterocycles. The lowest BCUT2D eigenvalue weighted by molar-refractivity contribution is -0.116. The van der Waals surface area contributed by atoms with Crippen molar-refractivity contribution in [1.29, 1.82) is 0 Å². The number of nitrogens with one attached hydrogen (secondary N) is 1. The predicted molar refractivity (Wildman–Crippen MR) is 141 cm³/mol. The minimum atomic E-state index is -3.54. The molecule has 1 aromatic heterocycles. The Bertz CT molecular complexity index is 1500. The van der Waals surface area contributed by atoms with Crippen LogP contribution < -0.4 is 5.32 Å². The van der Waals surface area contributed by atoms with E-state index in [1.807, 2.05) is 34.9 Å². The molecule has 36 heavy (non-hydrogen) atoms. The Morgan fingerprint density at radius 1 is 1.00 bits per heavy atom. The van der Waals surface area contributed by atoms with E-state index in [9.17, 15) is 13.2 Å². The Morgan fingerprint density at radius 3 is 2.58 bits per heavy atom. The Labute approximate surface area is 211 Å². The molecule has 0 radical (unpaired) electrons. The fraction of sp³-hybridized carbons (Fsp3) is 0.286. The minimum absolute atomic E-state index is 0.110. The fourth-order valence-corrected chi connectivity index (χ4v) is 6.07. The van der Waals surface area contributed by atoms with Crippen LogP contribution in [-0.4, -0.2) is 41.8 Å². The summed E-state index contributed by atoms with van der Waals surface area (Å²) in [5.74, 6) is 0.659. The van der Waals surface area contributed by atoms with E-state index in [1.165, 1.54) is 21.9 Å². The van der Waals surface area contributed by atoms with Crippen molar-refractivity contribution in [2.24, 2.45) is 0 Å². The molecule has 1 amide bonds. The number of anilines is 1. The number of carbonyl (C=O) groups is 1. The molecule has 3 aromatic carbocycles. The average molecular weight is 503 g/mol. The van der Waals surface area contributed by atoms with Gasteiger partial charge in [0, 0.05) is 25.7 Å². The zero-order chi connectivity index (χ0) is 25.1. The first kappa shape index (κ1) is 24.2. The second kappa shape index (κ2) is 10.2. The van der Waals surface area contributed by atoms with Crippen molar-refractivity contribution < 1.29 is 13.2 Å². The number of imidazole rings is 1. The predicted octanol–water partition coefficient (Wildman–Crippen LogP) is 4.42. The number of sulfonamides is 1. The SMILES string of the molecule is CN(CCCc1nc2ccccc2n1CC(=O)Nc1ccc2c(c1)CCC2)S(=O)(=O)c1ccccc1. The first-order valence-corrected chi connectivity index (χ1v) is 13.7. The zero-order valence-corrected chi connectivity index (χ0v) is 21.2. The first-order valence-electron chi connectivity index (χ1n) is 12.3. The van der Waals surface area contributed by atoms with Crippen molar-refractivity contribution in [2.45, 2.75) is 43.5 Å². The van der Waals surface area contributed by atoms with Crippen LogP contribution in [0, 0.1) is 0 Å². The number of fused-ring (bicyclic) bond motifs is 2. The number of hydrogen-bond acceptors (Lipinski definition) is 4. The van der Waals surface area contributed by atoms with E-state index in [2.05, 4.69) is 17.4 Å². The van der Waals surface area contributed by atoms with Gasteiger partial charge in [-0.05, 0) is 73.2 Å². The lowest BCUT2D eigenvalue weighted by Crippen LogP contribution is -2.28. The van der Waals surface area contributed by atoms with Crippen molar-refractivity contribution in [1.82, 2.24) is 13.9 Å². The molecule has 1 aliphatic rings. The van der Waals surface area contributed by atoms with E-state index in [4.69, 9.17) is 4.98 Å². The molecular formula is C28H30N4O3S. The molecule has 1 aliphatic carbocycles. The van der Waals surface area contributed by atoms with Gasteiger partial charge in [0.15, 0.2) is 0 Å². The second-order valence-electron chi connectivity index (χ2n) is 9.23. The van der Waals surface area contributed by atoms with Crippen LogP contribution in [0.2, 0.25) is 0 Å². The molecule has 4 aromatic rings. The number of aryl methyl sites for hydroxylation is 3. The Morgan fingerprint density at radius 2 is 1.75 bits per heavy atom. The van der Waals surface area contributed by atoms with Gasteiger partial charge < -0.3 is 9.88 Å². The molecule has 0 atom stereocenters. The molecule has 8 heteroatoms. The molecule has 7 nitrogen and oxygen atoms in total. The zero-order valence-electron chi connectivity index (χ0n) is 20.4. The highest BCUT2D eigenvalue weighted by atomic mass is 32.2. The Kier molecular flexibility index (Phi) is 6.89. The normalized spacial score (nSPS) is 13.3. The van der Waals surface area contributed by atoms with E-state index in [0.717, 1.165) is 35.4 Å². The second-order valence-corrected chi connectivity index (χ2v) is 11.3. The summed E-state index contributed by atoms with van der Waals surface area (Å²) in [6.45, 7) is 0.493. The number of para-hydroxylation sites is 2. The molecule has 1 N–H and O–H groups in total. The maximum absolute atomic E-state index is 13.0. The van der Waals surface area contributed by atoms with Crippen molar-refractivity contribution >= 4 is 32.7 Å². The molecule has 0 bridgehead atoms. The van der Waals surface area contributed by atoms with E-state index in [0.29, 0.717) is 19.4 Å². The van der Waals surface area contributed by atoms with Crippen LogP contribution in [0.25, 0.3) is 11.0 Å². The van der Waals surface area contributed by atoms with Crippen LogP contribution in [-0.2, 0) is 40.6 Å². The maximum Gasteiger partial charge on any atom is 0.244 e. The van der Waals surface area contributed by atoms with Crippen LogP contribution in [0.4, 0.5) is 5.69 Å². The van der Waals surface area contributed by atoms with E-state index >= 15 is 0 Å². The van der Waals surface area contributed by atoms with Gasteiger partial charge in [-0.1, -0.05) is 36.4 Å². The van der Waals surface area contributed by atoms with Crippen molar-refractivity contribution in [2.75, 3.05) is 18.9 Å². The van der Waals surface area contributed by atoms with Crippen molar-refractivity contribution in [3.8, 4) is 0 Å². The van der Waals surface area contributed by atoms with Gasteiger partial charge in [0.25, 0.3) is 0 Å². The smallest absolute Gasteiger partial charge is 0.244 e. The number of rotatable bonds is 9. The fourth-order valence-electron chi connectivity index (χ4n) is 4.84. The van der Waals surface area contributed by atoms with Gasteiger partial charge in [0.05, 0.1) is 15.9 Å². The highest BCUT2D eigenvalue weighted by molar-refractivity contribution is 7.89. The standard InChI is InChI=1S/C28H30N4O3S/c1-31(36(34,35)24-11-3-2-4-12-24)18-8-15-27-30-25-13-5-6-14-26(25)32(27)20-28(33)29-23-17-16-21-9-7-10-22(21)19-23/h2-6,11-14,16-17,19H,7-10,15,18,20H2,1H3,(H,29,33). The molecule has 0 unspecified atom stereocenters. The topological polar surface area (TPSA) is 84.3 Å². The summed E-state index contributed by atoms with van der Waals surface area (Å²) < 4.78 is 29.0. The van der Waals surface area contributed by atoms with Crippen LogP contribution in [0.5, 0.6) is 0 Å². The van der Waals surface area contributed by atoms with E-state index < -0.39 is 10.0 Å². The van der Waals surface area contributed by atoms with Crippen molar-refractivity contribution in [3.63, 3.8) is 0 Å². The summed E-state index contributed by atoms with van der Waals surface area (Å²) in [5.41, 5.74) is 5.22. The molecule has 0 aliphatic heterocycles. The van der Waals surface area contributed by atoms with Gasteiger partial charge in [-0.3, -0.25) is 4.79 Å². The molecule has 0 saturated heterocycles. The van der Waals surface area contributed by atoms with Gasteiger partial charge in [-0.25, -0.2) is 17.7 Å². The Balaban J connectivity index is 1.28. The summed E-state index contributed by atoms with van der Waals surface area (Å²) in [7, 11) is -1.95. The van der Waals surface area contributed by atoms with Crippen LogP contribution in [0.3, 0.4) is 0 Å². The number of aromatic nitrogens is 2. The Hall–Kier alpha value is -3.49. The maximum atomic E-state index is 13.0. The van der Waals surface area contributed by atoms with Crippen molar-refractivity contribution in [3.05, 3.63) is 89.7 Å². The molecule has 186 valence electrons. The van der Waals surface area contributed by atoms with Gasteiger partial charge in [0.1, 0.15) is 12.4 Å². The summed E-state index contributed by atoms with van der Waals surface area (Å²) in [6, 6.07) is 22.3.